The van der Waals surface area contributed by atoms with Gasteiger partial charge in [-0.05, 0) is 42.7 Å². The number of benzene rings is 2. The van der Waals surface area contributed by atoms with Crippen LogP contribution in [0.15, 0.2) is 52.6 Å². The van der Waals surface area contributed by atoms with E-state index in [0.717, 1.165) is 0 Å². The van der Waals surface area contributed by atoms with Crippen LogP contribution < -0.4 is 15.5 Å². The first kappa shape index (κ1) is 22.5. The highest BCUT2D eigenvalue weighted by Gasteiger charge is 2.31. The minimum absolute atomic E-state index is 0.159. The average molecular weight is 506 g/mol. The summed E-state index contributed by atoms with van der Waals surface area (Å²) in [5.74, 6) is 0.0498. The van der Waals surface area contributed by atoms with Crippen molar-refractivity contribution in [3.8, 4) is 0 Å². The van der Waals surface area contributed by atoms with E-state index in [1.54, 1.807) is 31.3 Å². The Morgan fingerprint density at radius 1 is 1.22 bits per heavy atom. The Labute approximate surface area is 203 Å². The number of benzodiazepines with no additional fused rings is 1. The van der Waals surface area contributed by atoms with E-state index < -0.39 is 6.17 Å². The minimum atomic E-state index is -1.01. The quantitative estimate of drug-likeness (QED) is 0.364. The van der Waals surface area contributed by atoms with E-state index in [0.29, 0.717) is 43.7 Å². The number of likely N-dealkylation sites (N-methyl/N-ethyl adjacent to an activating group) is 1. The van der Waals surface area contributed by atoms with Crippen LogP contribution in [0.2, 0.25) is 10.0 Å². The molecule has 0 radical (unpaired) electrons. The van der Waals surface area contributed by atoms with Crippen LogP contribution in [0, 0.1) is 0 Å². The summed E-state index contributed by atoms with van der Waals surface area (Å²) in [6.45, 7) is 0. The van der Waals surface area contributed by atoms with E-state index in [9.17, 15) is 4.79 Å². The number of H-pyrrole nitrogens is 1. The second kappa shape index (κ2) is 9.45. The van der Waals surface area contributed by atoms with Crippen LogP contribution in [-0.2, 0) is 4.79 Å². The number of nitrogens with zero attached hydrogens (tertiary/aromatic N) is 4. The fourth-order valence-electron chi connectivity index (χ4n) is 3.17. The lowest BCUT2D eigenvalue weighted by Gasteiger charge is -2.21. The van der Waals surface area contributed by atoms with Crippen molar-refractivity contribution < 1.29 is 4.79 Å². The van der Waals surface area contributed by atoms with Crippen LogP contribution in [0.25, 0.3) is 0 Å². The summed E-state index contributed by atoms with van der Waals surface area (Å²) in [7, 11) is 1.67. The molecule has 3 aromatic rings. The summed E-state index contributed by atoms with van der Waals surface area (Å²) in [4.78, 5) is 23.7. The molecule has 1 aliphatic heterocycles. The molecule has 0 saturated heterocycles. The summed E-state index contributed by atoms with van der Waals surface area (Å²) in [5, 5.41) is 14.3. The predicted molar refractivity (Wildman–Crippen MR) is 133 cm³/mol. The molecule has 12 heteroatoms. The van der Waals surface area contributed by atoms with Gasteiger partial charge in [0.25, 0.3) is 5.91 Å². The maximum atomic E-state index is 13.3. The van der Waals surface area contributed by atoms with E-state index in [1.165, 1.54) is 16.7 Å². The molecule has 1 unspecified atom stereocenters. The molecule has 0 bridgehead atoms. The fraction of sp³-hybridized carbons (Fsp3) is 0.150. The Bertz CT molecular complexity index is 1230. The van der Waals surface area contributed by atoms with Crippen LogP contribution in [0.5, 0.6) is 0 Å². The summed E-state index contributed by atoms with van der Waals surface area (Å²) in [5.41, 5.74) is 2.53. The number of hydrogen-bond donors (Lipinski definition) is 3. The molecule has 1 amide bonds. The first-order chi connectivity index (χ1) is 15.4. The molecule has 2 heterocycles. The second-order valence-electron chi connectivity index (χ2n) is 6.69. The molecule has 4 rings (SSSR count). The topological polar surface area (TPSA) is 98.3 Å². The van der Waals surface area contributed by atoms with Gasteiger partial charge in [-0.25, -0.2) is 10.1 Å². The number of aromatic nitrogens is 3. The Hall–Kier alpha value is -2.66. The highest BCUT2D eigenvalue weighted by Crippen LogP contribution is 2.31. The van der Waals surface area contributed by atoms with Crippen molar-refractivity contribution in [3.05, 3.63) is 63.6 Å². The van der Waals surface area contributed by atoms with Gasteiger partial charge in [-0.3, -0.25) is 4.79 Å². The highest BCUT2D eigenvalue weighted by atomic mass is 35.5. The van der Waals surface area contributed by atoms with Crippen molar-refractivity contribution in [1.82, 2.24) is 20.5 Å². The first-order valence-corrected chi connectivity index (χ1v) is 11.7. The van der Waals surface area contributed by atoms with Gasteiger partial charge in [0.15, 0.2) is 5.11 Å². The normalized spacial score (nSPS) is 15.6. The van der Waals surface area contributed by atoms with Gasteiger partial charge >= 0.3 is 0 Å². The van der Waals surface area contributed by atoms with Gasteiger partial charge in [-0.15, -0.1) is 5.10 Å². The molecular weight excluding hydrogens is 489 g/mol. The lowest BCUT2D eigenvalue weighted by atomic mass is 10.00. The number of carbonyl (C=O) groups is 1. The summed E-state index contributed by atoms with van der Waals surface area (Å²) >= 11 is 19.5. The number of thioether (sulfide) groups is 1. The molecule has 3 N–H and O–H groups in total. The summed E-state index contributed by atoms with van der Waals surface area (Å²) in [6.07, 6.45) is 0.846. The number of amides is 1. The number of anilines is 2. The van der Waals surface area contributed by atoms with E-state index >= 15 is 0 Å². The zero-order valence-corrected chi connectivity index (χ0v) is 20.0. The van der Waals surface area contributed by atoms with Gasteiger partial charge in [0, 0.05) is 28.2 Å². The molecule has 1 aliphatic rings. The van der Waals surface area contributed by atoms with Gasteiger partial charge in [0.1, 0.15) is 0 Å². The zero-order chi connectivity index (χ0) is 22.8. The van der Waals surface area contributed by atoms with Crippen molar-refractivity contribution in [2.24, 2.45) is 4.99 Å². The number of carbonyl (C=O) groups excluding carboxylic acids is 1. The third-order valence-electron chi connectivity index (χ3n) is 4.67. The smallest absolute Gasteiger partial charge is 0.272 e. The van der Waals surface area contributed by atoms with E-state index in [4.69, 9.17) is 40.4 Å². The van der Waals surface area contributed by atoms with Crippen LogP contribution >= 0.6 is 47.2 Å². The highest BCUT2D eigenvalue weighted by molar-refractivity contribution is 7.98. The molecule has 1 atom stereocenters. The number of hydrogen-bond acceptors (Lipinski definition) is 6. The minimum Gasteiger partial charge on any atom is -0.333 e. The lowest BCUT2D eigenvalue weighted by Crippen LogP contribution is -2.47. The molecule has 0 saturated carbocycles. The molecule has 1 aromatic heterocycles. The van der Waals surface area contributed by atoms with Crippen molar-refractivity contribution >= 4 is 75.5 Å². The van der Waals surface area contributed by atoms with Crippen LogP contribution in [-0.4, -0.2) is 51.4 Å². The van der Waals surface area contributed by atoms with Crippen LogP contribution in [0.1, 0.15) is 11.1 Å². The van der Waals surface area contributed by atoms with Crippen LogP contribution in [0.3, 0.4) is 0 Å². The van der Waals surface area contributed by atoms with E-state index in [1.807, 2.05) is 24.5 Å². The maximum absolute atomic E-state index is 13.3. The Morgan fingerprint density at radius 2 is 2.00 bits per heavy atom. The van der Waals surface area contributed by atoms with Crippen molar-refractivity contribution in [1.29, 1.82) is 0 Å². The molecule has 0 aliphatic carbocycles. The first-order valence-electron chi connectivity index (χ1n) is 9.31. The molecule has 164 valence electrons. The third-order valence-corrected chi connectivity index (χ3v) is 6.01. The molecule has 0 spiro atoms. The van der Waals surface area contributed by atoms with Gasteiger partial charge in [0.2, 0.25) is 17.3 Å². The number of nitrogens with one attached hydrogen (secondary N) is 3. The molecule has 32 heavy (non-hydrogen) atoms. The van der Waals surface area contributed by atoms with Crippen molar-refractivity contribution in [2.45, 2.75) is 11.3 Å². The van der Waals surface area contributed by atoms with E-state index in [2.05, 4.69) is 25.8 Å². The number of halogens is 2. The summed E-state index contributed by atoms with van der Waals surface area (Å²) in [6, 6.07) is 12.6. The Balaban J connectivity index is 1.73. The van der Waals surface area contributed by atoms with Gasteiger partial charge in [-0.1, -0.05) is 53.2 Å². The predicted octanol–water partition coefficient (Wildman–Crippen LogP) is 3.96. The van der Waals surface area contributed by atoms with Gasteiger partial charge in [-0.2, -0.15) is 4.98 Å². The molecule has 2 aromatic carbocycles. The van der Waals surface area contributed by atoms with Gasteiger partial charge in [0.05, 0.1) is 11.4 Å². The Morgan fingerprint density at radius 3 is 2.72 bits per heavy atom. The number of thiocarbonyl (C=S) groups is 1. The standard InChI is InChI=1S/C20H17Cl2N7OS2/c1-29-14-8-7-10(21)9-12(14)15(11-5-3-4-6-13(11)22)23-16(17(29)30)24-19(31)25-18-26-20(32-2)28-27-18/h3-9,16H,1-2H3,(H3,24,25,26,27,28,31). The van der Waals surface area contributed by atoms with Crippen LogP contribution in [0.4, 0.5) is 11.6 Å². The monoisotopic (exact) mass is 505 g/mol. The summed E-state index contributed by atoms with van der Waals surface area (Å²) < 4.78 is 0. The molecule has 0 fully saturated rings. The van der Waals surface area contributed by atoms with Gasteiger partial charge < -0.3 is 15.5 Å². The molecule has 8 nitrogen and oxygen atoms in total. The SMILES string of the molecule is CSc1n[nH]c(NC(=S)NC2N=C(c3ccccc3Cl)c3cc(Cl)ccc3N(C)C2=O)n1. The maximum Gasteiger partial charge on any atom is 0.272 e. The van der Waals surface area contributed by atoms with Crippen molar-refractivity contribution in [3.63, 3.8) is 0 Å². The third kappa shape index (κ3) is 4.58. The fourth-order valence-corrected chi connectivity index (χ4v) is 4.09. The molecular formula is C20H17Cl2N7OS2. The largest absolute Gasteiger partial charge is 0.333 e. The number of aromatic amines is 1. The number of rotatable bonds is 4. The number of fused-ring (bicyclic) bond motifs is 1. The zero-order valence-electron chi connectivity index (χ0n) is 16.9. The average Bonchev–Trinajstić information content (AvgIpc) is 3.20. The van der Waals surface area contributed by atoms with E-state index in [-0.39, 0.29) is 11.0 Å². The number of aliphatic imine (C=N–C) groups is 1. The second-order valence-corrected chi connectivity index (χ2v) is 8.71. The lowest BCUT2D eigenvalue weighted by molar-refractivity contribution is -0.119. The van der Waals surface area contributed by atoms with Crippen molar-refractivity contribution in [2.75, 3.05) is 23.5 Å². The Kier molecular flexibility index (Phi) is 6.66.